The molecule has 0 unspecified atom stereocenters. The van der Waals surface area contributed by atoms with Crippen LogP contribution in [0.15, 0.2) is 30.5 Å². The summed E-state index contributed by atoms with van der Waals surface area (Å²) in [6, 6.07) is 7.42. The number of aromatic nitrogens is 2. The fourth-order valence-electron chi connectivity index (χ4n) is 3.97. The van der Waals surface area contributed by atoms with Crippen LogP contribution in [0.1, 0.15) is 42.8 Å². The number of amides is 1. The summed E-state index contributed by atoms with van der Waals surface area (Å²) in [4.78, 5) is 24.4. The van der Waals surface area contributed by atoms with Crippen molar-refractivity contribution in [1.82, 2.24) is 20.2 Å². The van der Waals surface area contributed by atoms with Crippen molar-refractivity contribution in [2.45, 2.75) is 44.8 Å². The van der Waals surface area contributed by atoms with Gasteiger partial charge >= 0.3 is 0 Å². The van der Waals surface area contributed by atoms with Crippen molar-refractivity contribution in [3.63, 3.8) is 0 Å². The molecule has 1 amide bonds. The topological polar surface area (TPSA) is 76.6 Å². The second-order valence-electron chi connectivity index (χ2n) is 7.57. The van der Waals surface area contributed by atoms with Crippen LogP contribution in [0.2, 0.25) is 0 Å². The van der Waals surface area contributed by atoms with Gasteiger partial charge < -0.3 is 19.7 Å². The van der Waals surface area contributed by atoms with Crippen molar-refractivity contribution < 1.29 is 14.3 Å². The van der Waals surface area contributed by atoms with Crippen molar-refractivity contribution in [3.8, 4) is 11.5 Å². The monoisotopic (exact) mass is 396 g/mol. The molecule has 1 N–H and O–H groups in total. The predicted molar refractivity (Wildman–Crippen MR) is 109 cm³/mol. The van der Waals surface area contributed by atoms with Crippen LogP contribution >= 0.6 is 0 Å². The molecule has 1 fully saturated rings. The van der Waals surface area contributed by atoms with Gasteiger partial charge in [-0.05, 0) is 31.5 Å². The molecule has 2 aliphatic rings. The number of fused-ring (bicyclic) bond motifs is 1. The first-order valence-corrected chi connectivity index (χ1v) is 10.3. The Labute approximate surface area is 171 Å². The van der Waals surface area contributed by atoms with Crippen molar-refractivity contribution in [3.05, 3.63) is 47.5 Å². The number of methoxy groups -OCH3 is 1. The van der Waals surface area contributed by atoms with Gasteiger partial charge in [0.25, 0.3) is 5.91 Å². The molecule has 1 aromatic carbocycles. The molecule has 4 rings (SSSR count). The molecule has 0 radical (unpaired) electrons. The molecule has 2 aliphatic heterocycles. The van der Waals surface area contributed by atoms with Gasteiger partial charge in [0.2, 0.25) is 0 Å². The van der Waals surface area contributed by atoms with Crippen LogP contribution in [-0.2, 0) is 17.8 Å². The fraction of sp³-hybridized carbons (Fsp3) is 0.500. The molecule has 0 bridgehead atoms. The molecule has 1 saturated heterocycles. The molecule has 2 atom stereocenters. The second kappa shape index (κ2) is 8.78. The smallest absolute Gasteiger partial charge is 0.263 e. The van der Waals surface area contributed by atoms with E-state index in [1.165, 1.54) is 0 Å². The maximum absolute atomic E-state index is 13.1. The van der Waals surface area contributed by atoms with Crippen LogP contribution < -0.4 is 14.8 Å². The Morgan fingerprint density at radius 1 is 1.34 bits per heavy atom. The summed E-state index contributed by atoms with van der Waals surface area (Å²) in [6.45, 7) is 5.11. The zero-order chi connectivity index (χ0) is 20.2. The average molecular weight is 396 g/mol. The van der Waals surface area contributed by atoms with E-state index >= 15 is 0 Å². The molecule has 2 aromatic rings. The van der Waals surface area contributed by atoms with Gasteiger partial charge in [-0.1, -0.05) is 19.1 Å². The Morgan fingerprint density at radius 2 is 2.17 bits per heavy atom. The second-order valence-corrected chi connectivity index (χ2v) is 7.57. The zero-order valence-electron chi connectivity index (χ0n) is 17.1. The van der Waals surface area contributed by atoms with E-state index in [0.29, 0.717) is 36.9 Å². The molecule has 154 valence electrons. The van der Waals surface area contributed by atoms with Crippen molar-refractivity contribution in [2.75, 3.05) is 26.7 Å². The first-order valence-electron chi connectivity index (χ1n) is 10.3. The third-order valence-corrected chi connectivity index (χ3v) is 5.67. The standard InChI is InChI=1S/C22H28N4O3/c1-3-18(29-20-7-5-4-6-19(20)28-2)22(27)26-11-9-17-16(14-26)13-24-21(25-17)15-8-10-23-12-15/h4-7,13,15,18,23H,3,8-12,14H2,1-2H3/t15-,18-/m1/s1. The average Bonchev–Trinajstić information content (AvgIpc) is 3.31. The molecule has 7 nitrogen and oxygen atoms in total. The van der Waals surface area contributed by atoms with Gasteiger partial charge in [-0.3, -0.25) is 4.79 Å². The minimum Gasteiger partial charge on any atom is -0.493 e. The van der Waals surface area contributed by atoms with Crippen LogP contribution in [0.4, 0.5) is 0 Å². The van der Waals surface area contributed by atoms with E-state index in [2.05, 4.69) is 10.3 Å². The molecular weight excluding hydrogens is 368 g/mol. The Hall–Kier alpha value is -2.67. The molecule has 0 aliphatic carbocycles. The summed E-state index contributed by atoms with van der Waals surface area (Å²) >= 11 is 0. The minimum absolute atomic E-state index is 0.00637. The predicted octanol–water partition coefficient (Wildman–Crippen LogP) is 2.30. The maximum atomic E-state index is 13.1. The maximum Gasteiger partial charge on any atom is 0.263 e. The number of nitrogens with zero attached hydrogens (tertiary/aromatic N) is 3. The van der Waals surface area contributed by atoms with Gasteiger partial charge in [0.15, 0.2) is 17.6 Å². The highest BCUT2D eigenvalue weighted by molar-refractivity contribution is 5.81. The normalized spacial score (nSPS) is 19.5. The highest BCUT2D eigenvalue weighted by atomic mass is 16.5. The van der Waals surface area contributed by atoms with Crippen LogP contribution in [0.3, 0.4) is 0 Å². The summed E-state index contributed by atoms with van der Waals surface area (Å²) in [7, 11) is 1.60. The van der Waals surface area contributed by atoms with Crippen LogP contribution in [-0.4, -0.2) is 53.6 Å². The number of para-hydroxylation sites is 2. The van der Waals surface area contributed by atoms with Gasteiger partial charge in [0.05, 0.1) is 12.8 Å². The molecule has 29 heavy (non-hydrogen) atoms. The number of ether oxygens (including phenoxy) is 2. The summed E-state index contributed by atoms with van der Waals surface area (Å²) < 4.78 is 11.4. The lowest BCUT2D eigenvalue weighted by Gasteiger charge is -2.31. The van der Waals surface area contributed by atoms with E-state index in [4.69, 9.17) is 14.5 Å². The fourth-order valence-corrected chi connectivity index (χ4v) is 3.97. The van der Waals surface area contributed by atoms with Crippen LogP contribution in [0, 0.1) is 0 Å². The highest BCUT2D eigenvalue weighted by Gasteiger charge is 2.30. The quantitative estimate of drug-likeness (QED) is 0.808. The molecular formula is C22H28N4O3. The van der Waals surface area contributed by atoms with Crippen molar-refractivity contribution >= 4 is 5.91 Å². The Balaban J connectivity index is 1.45. The largest absolute Gasteiger partial charge is 0.493 e. The van der Waals surface area contributed by atoms with Gasteiger partial charge in [0.1, 0.15) is 5.82 Å². The lowest BCUT2D eigenvalue weighted by molar-refractivity contribution is -0.139. The van der Waals surface area contributed by atoms with E-state index < -0.39 is 6.10 Å². The van der Waals surface area contributed by atoms with Gasteiger partial charge in [-0.15, -0.1) is 0 Å². The highest BCUT2D eigenvalue weighted by Crippen LogP contribution is 2.28. The number of nitrogens with one attached hydrogen (secondary N) is 1. The van der Waals surface area contributed by atoms with E-state index in [1.54, 1.807) is 7.11 Å². The van der Waals surface area contributed by atoms with E-state index in [-0.39, 0.29) is 5.91 Å². The third kappa shape index (κ3) is 4.19. The van der Waals surface area contributed by atoms with Gasteiger partial charge in [-0.25, -0.2) is 9.97 Å². The zero-order valence-corrected chi connectivity index (χ0v) is 17.1. The number of hydrogen-bond acceptors (Lipinski definition) is 6. The number of rotatable bonds is 6. The van der Waals surface area contributed by atoms with Crippen molar-refractivity contribution in [1.29, 1.82) is 0 Å². The van der Waals surface area contributed by atoms with E-state index in [0.717, 1.165) is 43.0 Å². The Bertz CT molecular complexity index is 867. The van der Waals surface area contributed by atoms with Crippen molar-refractivity contribution in [2.24, 2.45) is 0 Å². The number of carbonyl (C=O) groups is 1. The minimum atomic E-state index is -0.544. The van der Waals surface area contributed by atoms with E-state index in [1.807, 2.05) is 42.3 Å². The number of hydrogen-bond donors (Lipinski definition) is 1. The van der Waals surface area contributed by atoms with E-state index in [9.17, 15) is 4.79 Å². The van der Waals surface area contributed by atoms with Gasteiger partial charge in [0, 0.05) is 43.7 Å². The lowest BCUT2D eigenvalue weighted by Crippen LogP contribution is -2.44. The first kappa shape index (κ1) is 19.6. The summed E-state index contributed by atoms with van der Waals surface area (Å²) in [5.41, 5.74) is 2.11. The Morgan fingerprint density at radius 3 is 2.90 bits per heavy atom. The van der Waals surface area contributed by atoms with Crippen LogP contribution in [0.5, 0.6) is 11.5 Å². The van der Waals surface area contributed by atoms with Crippen LogP contribution in [0.25, 0.3) is 0 Å². The summed E-state index contributed by atoms with van der Waals surface area (Å²) in [5.74, 6) is 2.54. The first-order chi connectivity index (χ1) is 14.2. The van der Waals surface area contributed by atoms with Gasteiger partial charge in [-0.2, -0.15) is 0 Å². The molecule has 0 saturated carbocycles. The molecule has 0 spiro atoms. The SMILES string of the molecule is CC[C@@H](Oc1ccccc1OC)C(=O)N1CCc2nc([C@@H]3CCNC3)ncc2C1. The number of carbonyl (C=O) groups excluding carboxylic acids is 1. The summed E-state index contributed by atoms with van der Waals surface area (Å²) in [5, 5.41) is 3.36. The Kier molecular flexibility index (Phi) is 5.94. The lowest BCUT2D eigenvalue weighted by atomic mass is 10.0. The molecule has 1 aromatic heterocycles. The molecule has 3 heterocycles. The number of benzene rings is 1. The third-order valence-electron chi connectivity index (χ3n) is 5.67. The molecule has 7 heteroatoms. The summed E-state index contributed by atoms with van der Waals surface area (Å²) in [6.07, 6.45) is 3.78.